The van der Waals surface area contributed by atoms with Crippen LogP contribution in [-0.4, -0.2) is 32.3 Å². The zero-order valence-corrected chi connectivity index (χ0v) is 20.2. The number of nitrogens with one attached hydrogen (secondary N) is 1. The van der Waals surface area contributed by atoms with Gasteiger partial charge in [-0.25, -0.2) is 0 Å². The molecule has 0 unspecified atom stereocenters. The number of carbonyl (C=O) groups is 1. The summed E-state index contributed by atoms with van der Waals surface area (Å²) >= 11 is 1.59. The van der Waals surface area contributed by atoms with E-state index in [0.717, 1.165) is 26.9 Å². The quantitative estimate of drug-likeness (QED) is 0.295. The molecule has 1 N–H and O–H groups in total. The third-order valence-corrected chi connectivity index (χ3v) is 6.73. The predicted molar refractivity (Wildman–Crippen MR) is 143 cm³/mol. The number of carbonyl (C=O) groups excluding carboxylic acids is 1. The molecule has 0 saturated heterocycles. The maximum absolute atomic E-state index is 13.3. The van der Waals surface area contributed by atoms with Gasteiger partial charge >= 0.3 is 0 Å². The Morgan fingerprint density at radius 2 is 1.81 bits per heavy atom. The van der Waals surface area contributed by atoms with Gasteiger partial charge < -0.3 is 10.1 Å². The van der Waals surface area contributed by atoms with Gasteiger partial charge in [-0.3, -0.25) is 4.79 Å². The molecule has 0 saturated carbocycles. The summed E-state index contributed by atoms with van der Waals surface area (Å²) < 4.78 is 7.52. The number of thiophene rings is 1. The minimum absolute atomic E-state index is 0.215. The highest BCUT2D eigenvalue weighted by molar-refractivity contribution is 7.13. The first kappa shape index (κ1) is 21.9. The van der Waals surface area contributed by atoms with Gasteiger partial charge in [0, 0.05) is 11.3 Å². The lowest BCUT2D eigenvalue weighted by Gasteiger charge is -2.14. The maximum Gasteiger partial charge on any atom is 0.260 e. The summed E-state index contributed by atoms with van der Waals surface area (Å²) in [5, 5.41) is 20.1. The largest absolute Gasteiger partial charge is 0.493 e. The average Bonchev–Trinajstić information content (AvgIpc) is 3.59. The molecule has 0 spiro atoms. The Morgan fingerprint density at radius 1 is 0.944 bits per heavy atom. The van der Waals surface area contributed by atoms with E-state index < -0.39 is 0 Å². The molecule has 0 atom stereocenters. The van der Waals surface area contributed by atoms with Crippen molar-refractivity contribution in [1.82, 2.24) is 19.8 Å². The van der Waals surface area contributed by atoms with Crippen LogP contribution in [0.25, 0.3) is 38.4 Å². The van der Waals surface area contributed by atoms with Crippen LogP contribution in [0.3, 0.4) is 0 Å². The summed E-state index contributed by atoms with van der Waals surface area (Å²) in [4.78, 5) is 14.3. The van der Waals surface area contributed by atoms with E-state index in [1.165, 1.54) is 0 Å². The van der Waals surface area contributed by atoms with Crippen LogP contribution in [0.2, 0.25) is 0 Å². The second kappa shape index (κ2) is 9.24. The van der Waals surface area contributed by atoms with Crippen LogP contribution >= 0.6 is 11.3 Å². The Hall–Kier alpha value is -4.56. The minimum Gasteiger partial charge on any atom is -0.493 e. The number of hydrogen-bond donors (Lipinski definition) is 1. The van der Waals surface area contributed by atoms with Gasteiger partial charge in [0.1, 0.15) is 5.75 Å². The van der Waals surface area contributed by atoms with Crippen molar-refractivity contribution in [1.29, 1.82) is 0 Å². The molecule has 3 aromatic carbocycles. The number of benzene rings is 3. The Balaban J connectivity index is 1.29. The van der Waals surface area contributed by atoms with Gasteiger partial charge in [0.25, 0.3) is 5.91 Å². The Morgan fingerprint density at radius 3 is 2.61 bits per heavy atom. The van der Waals surface area contributed by atoms with Gasteiger partial charge in [-0.05, 0) is 59.5 Å². The summed E-state index contributed by atoms with van der Waals surface area (Å²) in [6.45, 7) is 2.38. The maximum atomic E-state index is 13.3. The van der Waals surface area contributed by atoms with Gasteiger partial charge in [-0.1, -0.05) is 48.5 Å². The molecule has 0 radical (unpaired) electrons. The Labute approximate surface area is 211 Å². The highest BCUT2D eigenvalue weighted by Gasteiger charge is 2.17. The molecular formula is C28H21N5O2S. The van der Waals surface area contributed by atoms with Crippen LogP contribution in [-0.2, 0) is 0 Å². The lowest BCUT2D eigenvalue weighted by molar-refractivity contribution is 0.102. The molecule has 0 aliphatic carbocycles. The lowest BCUT2D eigenvalue weighted by Crippen LogP contribution is -2.14. The van der Waals surface area contributed by atoms with E-state index in [4.69, 9.17) is 9.84 Å². The third-order valence-electron chi connectivity index (χ3n) is 5.86. The van der Waals surface area contributed by atoms with Gasteiger partial charge in [0.05, 0.1) is 22.7 Å². The Kier molecular flexibility index (Phi) is 5.63. The van der Waals surface area contributed by atoms with Gasteiger partial charge in [0.2, 0.25) is 0 Å². The summed E-state index contributed by atoms with van der Waals surface area (Å²) in [6.07, 6.45) is 0. The molecule has 6 rings (SSSR count). The van der Waals surface area contributed by atoms with E-state index in [-0.39, 0.29) is 5.91 Å². The number of aromatic nitrogens is 4. The first-order valence-electron chi connectivity index (χ1n) is 11.5. The van der Waals surface area contributed by atoms with Crippen molar-refractivity contribution >= 4 is 39.4 Å². The number of hydrogen-bond acceptors (Lipinski definition) is 6. The van der Waals surface area contributed by atoms with Crippen LogP contribution in [0.4, 0.5) is 5.69 Å². The fourth-order valence-corrected chi connectivity index (χ4v) is 4.88. The van der Waals surface area contributed by atoms with E-state index in [9.17, 15) is 4.79 Å². The summed E-state index contributed by atoms with van der Waals surface area (Å²) in [6, 6.07) is 27.0. The number of rotatable bonds is 6. The van der Waals surface area contributed by atoms with Crippen molar-refractivity contribution in [3.8, 4) is 27.7 Å². The fraction of sp³-hybridized carbons (Fsp3) is 0.0714. The van der Waals surface area contributed by atoms with Crippen molar-refractivity contribution < 1.29 is 9.53 Å². The van der Waals surface area contributed by atoms with Crippen molar-refractivity contribution in [2.75, 3.05) is 11.9 Å². The molecule has 0 fully saturated rings. The lowest BCUT2D eigenvalue weighted by atomic mass is 10.0. The normalized spacial score (nSPS) is 11.1. The zero-order valence-electron chi connectivity index (χ0n) is 19.4. The monoisotopic (exact) mass is 491 g/mol. The summed E-state index contributed by atoms with van der Waals surface area (Å²) in [7, 11) is 0. The molecular weight excluding hydrogens is 470 g/mol. The molecule has 1 amide bonds. The first-order valence-corrected chi connectivity index (χ1v) is 12.4. The summed E-state index contributed by atoms with van der Waals surface area (Å²) in [5.74, 6) is 1.07. The molecule has 6 aromatic rings. The zero-order chi connectivity index (χ0) is 24.5. The molecule has 0 bridgehead atoms. The highest BCUT2D eigenvalue weighted by Crippen LogP contribution is 2.30. The number of ether oxygens (including phenoxy) is 1. The SMILES string of the molecule is CCOc1ccc2ccccc2c1C(=O)Nc1ccc(-c2ccc3nnc(-c4cccs4)n3n2)cc1. The molecule has 0 aliphatic heterocycles. The average molecular weight is 492 g/mol. The summed E-state index contributed by atoms with van der Waals surface area (Å²) in [5.41, 5.74) is 3.60. The van der Waals surface area contributed by atoms with E-state index >= 15 is 0 Å². The highest BCUT2D eigenvalue weighted by atomic mass is 32.1. The molecule has 36 heavy (non-hydrogen) atoms. The van der Waals surface area contributed by atoms with Gasteiger partial charge in [0.15, 0.2) is 11.5 Å². The fourth-order valence-electron chi connectivity index (χ4n) is 4.18. The molecule has 0 aliphatic rings. The number of fused-ring (bicyclic) bond motifs is 2. The molecule has 3 heterocycles. The van der Waals surface area contributed by atoms with Gasteiger partial charge in [-0.2, -0.15) is 9.61 Å². The van der Waals surface area contributed by atoms with E-state index in [2.05, 4.69) is 15.5 Å². The van der Waals surface area contributed by atoms with E-state index in [1.807, 2.05) is 97.2 Å². The predicted octanol–water partition coefficient (Wildman–Crippen LogP) is 6.32. The van der Waals surface area contributed by atoms with Crippen molar-refractivity contribution in [3.05, 3.63) is 95.9 Å². The third kappa shape index (κ3) is 3.97. The Bertz CT molecular complexity index is 1690. The van der Waals surface area contributed by atoms with Crippen molar-refractivity contribution in [2.45, 2.75) is 6.92 Å². The molecule has 3 aromatic heterocycles. The standard InChI is InChI=1S/C28H21N5O2S/c1-2-35-23-15-11-18-6-3-4-7-21(18)26(23)28(34)29-20-12-9-19(10-13-20)22-14-16-25-30-31-27(33(25)32-22)24-8-5-17-36-24/h3-17H,2H2,1H3,(H,29,34). The minimum atomic E-state index is -0.215. The number of anilines is 1. The second-order valence-corrected chi connectivity index (χ2v) is 9.06. The topological polar surface area (TPSA) is 81.4 Å². The van der Waals surface area contributed by atoms with Crippen LogP contribution < -0.4 is 10.1 Å². The van der Waals surface area contributed by atoms with Crippen LogP contribution in [0.15, 0.2) is 90.3 Å². The number of amides is 1. The van der Waals surface area contributed by atoms with Crippen LogP contribution in [0.1, 0.15) is 17.3 Å². The number of nitrogens with zero attached hydrogens (tertiary/aromatic N) is 4. The van der Waals surface area contributed by atoms with Gasteiger partial charge in [-0.15, -0.1) is 21.5 Å². The van der Waals surface area contributed by atoms with Crippen molar-refractivity contribution in [3.63, 3.8) is 0 Å². The van der Waals surface area contributed by atoms with Crippen LogP contribution in [0, 0.1) is 0 Å². The smallest absolute Gasteiger partial charge is 0.260 e. The van der Waals surface area contributed by atoms with E-state index in [0.29, 0.717) is 35.1 Å². The second-order valence-electron chi connectivity index (χ2n) is 8.11. The van der Waals surface area contributed by atoms with Crippen LogP contribution in [0.5, 0.6) is 5.75 Å². The van der Waals surface area contributed by atoms with Crippen molar-refractivity contribution in [2.24, 2.45) is 0 Å². The molecule has 8 heteroatoms. The van der Waals surface area contributed by atoms with E-state index in [1.54, 1.807) is 15.9 Å². The first-order chi connectivity index (χ1) is 17.7. The molecule has 7 nitrogen and oxygen atoms in total. The molecule has 176 valence electrons.